The summed E-state index contributed by atoms with van der Waals surface area (Å²) in [6.07, 6.45) is 3.25. The third kappa shape index (κ3) is 1.44. The van der Waals surface area contributed by atoms with E-state index >= 15 is 0 Å². The van der Waals surface area contributed by atoms with Crippen LogP contribution in [0.5, 0.6) is 11.5 Å². The third-order valence-corrected chi connectivity index (χ3v) is 7.06. The SMILES string of the molecule is CC[C@H]1CC(=O)C2Oc3c(O)ccc4c3C23CCN(C)C(C4)C13. The lowest BCUT2D eigenvalue weighted by atomic mass is 9.48. The van der Waals surface area contributed by atoms with Crippen LogP contribution in [0.15, 0.2) is 12.1 Å². The van der Waals surface area contributed by atoms with Crippen molar-refractivity contribution in [3.05, 3.63) is 23.3 Å². The van der Waals surface area contributed by atoms with Gasteiger partial charge in [0.1, 0.15) is 0 Å². The Balaban J connectivity index is 1.82. The van der Waals surface area contributed by atoms with Crippen molar-refractivity contribution in [1.29, 1.82) is 0 Å². The first-order chi connectivity index (χ1) is 11.1. The van der Waals surface area contributed by atoms with E-state index in [1.54, 1.807) is 6.07 Å². The summed E-state index contributed by atoms with van der Waals surface area (Å²) in [5, 5.41) is 10.3. The molecule has 0 aromatic heterocycles. The highest BCUT2D eigenvalue weighted by atomic mass is 16.5. The van der Waals surface area contributed by atoms with Gasteiger partial charge in [0.15, 0.2) is 23.4 Å². The van der Waals surface area contributed by atoms with Gasteiger partial charge in [-0.15, -0.1) is 0 Å². The maximum absolute atomic E-state index is 12.9. The van der Waals surface area contributed by atoms with Crippen molar-refractivity contribution in [3.8, 4) is 11.5 Å². The molecule has 23 heavy (non-hydrogen) atoms. The van der Waals surface area contributed by atoms with Gasteiger partial charge in [-0.3, -0.25) is 4.79 Å². The average Bonchev–Trinajstić information content (AvgIpc) is 2.90. The lowest BCUT2D eigenvalue weighted by Crippen LogP contribution is -2.67. The molecule has 1 N–H and O–H groups in total. The highest BCUT2D eigenvalue weighted by Crippen LogP contribution is 2.64. The van der Waals surface area contributed by atoms with Gasteiger partial charge in [0.05, 0.1) is 0 Å². The molecule has 122 valence electrons. The number of carbonyl (C=O) groups is 1. The molecule has 1 spiro atoms. The molecule has 2 aliphatic carbocycles. The van der Waals surface area contributed by atoms with E-state index in [9.17, 15) is 9.90 Å². The van der Waals surface area contributed by atoms with Gasteiger partial charge < -0.3 is 14.7 Å². The summed E-state index contributed by atoms with van der Waals surface area (Å²) in [6.45, 7) is 3.21. The number of phenolic OH excluding ortho intramolecular Hbond substituents is 1. The van der Waals surface area contributed by atoms with Crippen molar-refractivity contribution >= 4 is 5.78 Å². The topological polar surface area (TPSA) is 49.8 Å². The summed E-state index contributed by atoms with van der Waals surface area (Å²) in [7, 11) is 2.22. The zero-order valence-corrected chi connectivity index (χ0v) is 13.7. The van der Waals surface area contributed by atoms with Gasteiger partial charge in [0.25, 0.3) is 0 Å². The molecule has 1 aromatic rings. The fraction of sp³-hybridized carbons (Fsp3) is 0.632. The molecular formula is C19H23NO3. The first-order valence-electron chi connectivity index (χ1n) is 8.83. The zero-order valence-electron chi connectivity index (χ0n) is 13.7. The predicted molar refractivity (Wildman–Crippen MR) is 85.8 cm³/mol. The van der Waals surface area contributed by atoms with Crippen LogP contribution in [0.1, 0.15) is 37.3 Å². The van der Waals surface area contributed by atoms with E-state index in [1.165, 1.54) is 11.1 Å². The highest BCUT2D eigenvalue weighted by molar-refractivity contribution is 5.89. The number of ether oxygens (including phenoxy) is 1. The van der Waals surface area contributed by atoms with Crippen LogP contribution in [0, 0.1) is 11.8 Å². The number of nitrogens with zero attached hydrogens (tertiary/aromatic N) is 1. The molecule has 4 unspecified atom stereocenters. The van der Waals surface area contributed by atoms with Crippen LogP contribution in [0.4, 0.5) is 0 Å². The molecule has 4 aliphatic rings. The molecule has 5 rings (SSSR count). The minimum Gasteiger partial charge on any atom is -0.504 e. The van der Waals surface area contributed by atoms with Crippen LogP contribution in [0.3, 0.4) is 0 Å². The second-order valence-corrected chi connectivity index (χ2v) is 7.85. The molecule has 4 heteroatoms. The molecule has 5 atom stereocenters. The number of rotatable bonds is 1. The second kappa shape index (κ2) is 4.29. The van der Waals surface area contributed by atoms with E-state index in [0.717, 1.165) is 25.8 Å². The number of carbonyl (C=O) groups excluding carboxylic acids is 1. The summed E-state index contributed by atoms with van der Waals surface area (Å²) < 4.78 is 6.13. The molecule has 0 radical (unpaired) electrons. The maximum atomic E-state index is 12.9. The Morgan fingerprint density at radius 1 is 1.39 bits per heavy atom. The Kier molecular flexibility index (Phi) is 2.59. The van der Waals surface area contributed by atoms with E-state index in [0.29, 0.717) is 30.0 Å². The standard InChI is InChI=1S/C19H23NO3/c1-3-10-9-14(22)18-19-6-7-20(2)12(15(10)19)8-11-4-5-13(21)17(23-18)16(11)19/h4-5,10,12,15,18,21H,3,6-9H2,1-2H3/t10-,12?,15?,18?,19?/m0/s1. The van der Waals surface area contributed by atoms with Gasteiger partial charge in [-0.05, 0) is 49.9 Å². The number of ketones is 1. The van der Waals surface area contributed by atoms with Gasteiger partial charge in [-0.1, -0.05) is 19.4 Å². The number of benzene rings is 1. The van der Waals surface area contributed by atoms with Crippen LogP contribution in [0.25, 0.3) is 0 Å². The first-order valence-corrected chi connectivity index (χ1v) is 8.83. The lowest BCUT2D eigenvalue weighted by molar-refractivity contribution is -0.144. The summed E-state index contributed by atoms with van der Waals surface area (Å²) >= 11 is 0. The van der Waals surface area contributed by atoms with Gasteiger partial charge >= 0.3 is 0 Å². The van der Waals surface area contributed by atoms with E-state index in [4.69, 9.17) is 4.74 Å². The van der Waals surface area contributed by atoms with Crippen LogP contribution in [-0.4, -0.2) is 41.5 Å². The fourth-order valence-corrected chi connectivity index (χ4v) is 6.16. The number of phenols is 1. The normalized spacial score (nSPS) is 40.7. The van der Waals surface area contributed by atoms with Gasteiger partial charge in [-0.25, -0.2) is 0 Å². The summed E-state index contributed by atoms with van der Waals surface area (Å²) in [5.41, 5.74) is 2.25. The minimum atomic E-state index is -0.381. The molecule has 2 heterocycles. The Hall–Kier alpha value is -1.55. The number of aromatic hydroxyl groups is 1. The van der Waals surface area contributed by atoms with Crippen molar-refractivity contribution in [2.75, 3.05) is 13.6 Å². The smallest absolute Gasteiger partial charge is 0.174 e. The monoisotopic (exact) mass is 313 g/mol. The number of piperidine rings is 1. The van der Waals surface area contributed by atoms with Crippen molar-refractivity contribution in [2.45, 2.75) is 50.2 Å². The largest absolute Gasteiger partial charge is 0.504 e. The third-order valence-electron chi connectivity index (χ3n) is 7.06. The van der Waals surface area contributed by atoms with Crippen molar-refractivity contribution in [3.63, 3.8) is 0 Å². The van der Waals surface area contributed by atoms with Crippen LogP contribution in [0.2, 0.25) is 0 Å². The maximum Gasteiger partial charge on any atom is 0.174 e. The molecule has 1 saturated heterocycles. The molecule has 2 bridgehead atoms. The minimum absolute atomic E-state index is 0.199. The Bertz CT molecular complexity index is 715. The number of hydrogen-bond acceptors (Lipinski definition) is 4. The number of hydrogen-bond donors (Lipinski definition) is 1. The average molecular weight is 313 g/mol. The summed E-state index contributed by atoms with van der Waals surface area (Å²) in [4.78, 5) is 15.3. The number of likely N-dealkylation sites (N-methyl/N-ethyl adjacent to an activating group) is 1. The van der Waals surface area contributed by atoms with Crippen LogP contribution >= 0.6 is 0 Å². The van der Waals surface area contributed by atoms with Crippen molar-refractivity contribution in [2.24, 2.45) is 11.8 Å². The van der Waals surface area contributed by atoms with E-state index in [2.05, 4.69) is 18.9 Å². The van der Waals surface area contributed by atoms with Crippen LogP contribution in [-0.2, 0) is 16.6 Å². The first kappa shape index (κ1) is 13.8. The Morgan fingerprint density at radius 3 is 3.00 bits per heavy atom. The van der Waals surface area contributed by atoms with E-state index < -0.39 is 0 Å². The Morgan fingerprint density at radius 2 is 2.22 bits per heavy atom. The highest BCUT2D eigenvalue weighted by Gasteiger charge is 2.67. The van der Waals surface area contributed by atoms with Gasteiger partial charge in [0, 0.05) is 23.4 Å². The molecule has 2 aliphatic heterocycles. The Labute approximate surface area is 136 Å². The predicted octanol–water partition coefficient (Wildman–Crippen LogP) is 2.27. The molecular weight excluding hydrogens is 290 g/mol. The molecule has 2 fully saturated rings. The molecule has 0 amide bonds. The summed E-state index contributed by atoms with van der Waals surface area (Å²) in [6, 6.07) is 4.26. The quantitative estimate of drug-likeness (QED) is 0.864. The zero-order chi connectivity index (χ0) is 15.9. The van der Waals surface area contributed by atoms with Crippen LogP contribution < -0.4 is 4.74 Å². The summed E-state index contributed by atoms with van der Waals surface area (Å²) in [5.74, 6) is 1.93. The lowest BCUT2D eigenvalue weighted by Gasteiger charge is -2.59. The van der Waals surface area contributed by atoms with Crippen molar-refractivity contribution < 1.29 is 14.6 Å². The molecule has 1 aromatic carbocycles. The second-order valence-electron chi connectivity index (χ2n) is 7.85. The number of likely N-dealkylation sites (tertiary alicyclic amines) is 1. The molecule has 4 nitrogen and oxygen atoms in total. The van der Waals surface area contributed by atoms with E-state index in [-0.39, 0.29) is 23.1 Å². The van der Waals surface area contributed by atoms with Crippen molar-refractivity contribution in [1.82, 2.24) is 4.90 Å². The van der Waals surface area contributed by atoms with Gasteiger partial charge in [0.2, 0.25) is 0 Å². The molecule has 1 saturated carbocycles. The fourth-order valence-electron chi connectivity index (χ4n) is 6.16. The van der Waals surface area contributed by atoms with E-state index in [1.807, 2.05) is 6.07 Å². The van der Waals surface area contributed by atoms with Gasteiger partial charge in [-0.2, -0.15) is 0 Å². The number of Topliss-reactive ketones (excluding diaryl/α,β-unsaturated/α-hetero) is 1.